The molecule has 0 radical (unpaired) electrons. The molecule has 1 fully saturated rings. The van der Waals surface area contributed by atoms with Gasteiger partial charge in [-0.25, -0.2) is 4.79 Å². The van der Waals surface area contributed by atoms with Crippen LogP contribution in [0.25, 0.3) is 0 Å². The summed E-state index contributed by atoms with van der Waals surface area (Å²) in [6.07, 6.45) is 7.09. The Morgan fingerprint density at radius 1 is 1.38 bits per heavy atom. The monoisotopic (exact) mass is 334 g/mol. The van der Waals surface area contributed by atoms with Crippen molar-refractivity contribution in [2.24, 2.45) is 5.92 Å². The Morgan fingerprint density at radius 3 is 2.58 bits per heavy atom. The third kappa shape index (κ3) is 5.44. The van der Waals surface area contributed by atoms with Crippen LogP contribution in [-0.4, -0.2) is 58.1 Å². The van der Waals surface area contributed by atoms with Gasteiger partial charge in [-0.15, -0.1) is 0 Å². The Kier molecular flexibility index (Phi) is 6.15. The lowest BCUT2D eigenvalue weighted by Crippen LogP contribution is -2.43. The number of piperidine rings is 1. The zero-order valence-corrected chi connectivity index (χ0v) is 15.5. The molecular formula is C18H30N4O2. The topological polar surface area (TPSA) is 58.6 Å². The van der Waals surface area contributed by atoms with Crippen LogP contribution in [0.4, 0.5) is 4.79 Å². The molecule has 1 aromatic heterocycles. The Hall–Kier alpha value is -1.69. The molecule has 0 aliphatic carbocycles. The van der Waals surface area contributed by atoms with Crippen LogP contribution < -0.4 is 0 Å². The number of hydrogen-bond donors (Lipinski definition) is 0. The lowest BCUT2D eigenvalue weighted by atomic mass is 9.96. The minimum atomic E-state index is -0.430. The highest BCUT2D eigenvalue weighted by atomic mass is 16.6. The van der Waals surface area contributed by atoms with Gasteiger partial charge in [0.05, 0.1) is 11.7 Å². The van der Waals surface area contributed by atoms with E-state index in [0.29, 0.717) is 5.92 Å². The summed E-state index contributed by atoms with van der Waals surface area (Å²) in [4.78, 5) is 24.8. The number of carbonyl (C=O) groups is 1. The van der Waals surface area contributed by atoms with Crippen LogP contribution in [0, 0.1) is 5.92 Å². The van der Waals surface area contributed by atoms with Gasteiger partial charge >= 0.3 is 6.09 Å². The van der Waals surface area contributed by atoms with Crippen LogP contribution in [-0.2, 0) is 4.74 Å². The van der Waals surface area contributed by atoms with Crippen molar-refractivity contribution >= 4 is 6.09 Å². The van der Waals surface area contributed by atoms with Crippen molar-refractivity contribution in [2.45, 2.75) is 52.2 Å². The molecule has 1 saturated heterocycles. The largest absolute Gasteiger partial charge is 0.444 e. The number of amides is 1. The Morgan fingerprint density at radius 2 is 2.04 bits per heavy atom. The highest BCUT2D eigenvalue weighted by Gasteiger charge is 2.28. The number of aromatic nitrogens is 2. The quantitative estimate of drug-likeness (QED) is 0.847. The van der Waals surface area contributed by atoms with Gasteiger partial charge in [0.2, 0.25) is 0 Å². The second-order valence-corrected chi connectivity index (χ2v) is 7.66. The van der Waals surface area contributed by atoms with Gasteiger partial charge in [-0.3, -0.25) is 14.9 Å². The summed E-state index contributed by atoms with van der Waals surface area (Å²) in [6.45, 7) is 10.4. The fraction of sp³-hybridized carbons (Fsp3) is 0.722. The molecule has 1 aromatic rings. The van der Waals surface area contributed by atoms with Crippen molar-refractivity contribution in [1.29, 1.82) is 0 Å². The standard InChI is InChI=1S/C18H30N4O2/c1-14(16-12-19-8-9-20-16)21(5)13-15-6-10-22(11-7-15)17(23)24-18(2,3)4/h8-9,12,14-15H,6-7,10-11,13H2,1-5H3/t14-/m1/s1. The molecule has 1 aliphatic heterocycles. The molecule has 1 amide bonds. The SMILES string of the molecule is C[C@H](c1cnccn1)N(C)CC1CCN(C(=O)OC(C)(C)C)CC1. The van der Waals surface area contributed by atoms with Gasteiger partial charge in [0, 0.05) is 38.2 Å². The van der Waals surface area contributed by atoms with Gasteiger partial charge in [0.15, 0.2) is 0 Å². The first-order valence-corrected chi connectivity index (χ1v) is 8.70. The summed E-state index contributed by atoms with van der Waals surface area (Å²) in [5.74, 6) is 0.591. The van der Waals surface area contributed by atoms with Crippen LogP contribution in [0.2, 0.25) is 0 Å². The molecule has 24 heavy (non-hydrogen) atoms. The summed E-state index contributed by atoms with van der Waals surface area (Å²) in [6, 6.07) is 0.239. The molecule has 6 nitrogen and oxygen atoms in total. The lowest BCUT2D eigenvalue weighted by molar-refractivity contribution is 0.0168. The van der Waals surface area contributed by atoms with Crippen LogP contribution in [0.15, 0.2) is 18.6 Å². The molecular weight excluding hydrogens is 304 g/mol. The third-order valence-corrected chi connectivity index (χ3v) is 4.48. The highest BCUT2D eigenvalue weighted by molar-refractivity contribution is 5.68. The fourth-order valence-corrected chi connectivity index (χ4v) is 2.94. The molecule has 1 atom stereocenters. The van der Waals surface area contributed by atoms with E-state index < -0.39 is 5.60 Å². The maximum Gasteiger partial charge on any atom is 0.410 e. The predicted molar refractivity (Wildman–Crippen MR) is 93.6 cm³/mol. The number of nitrogens with zero attached hydrogens (tertiary/aromatic N) is 4. The Bertz CT molecular complexity index is 522. The summed E-state index contributed by atoms with van der Waals surface area (Å²) in [7, 11) is 2.12. The molecule has 134 valence electrons. The number of carbonyl (C=O) groups excluding carboxylic acids is 1. The second-order valence-electron chi connectivity index (χ2n) is 7.66. The number of ether oxygens (including phenoxy) is 1. The number of hydrogen-bond acceptors (Lipinski definition) is 5. The normalized spacial score (nSPS) is 17.8. The van der Waals surface area contributed by atoms with E-state index in [-0.39, 0.29) is 12.1 Å². The average molecular weight is 334 g/mol. The number of likely N-dealkylation sites (tertiary alicyclic amines) is 1. The van der Waals surface area contributed by atoms with E-state index in [1.165, 1.54) is 0 Å². The summed E-state index contributed by atoms with van der Waals surface area (Å²) in [5.41, 5.74) is 0.562. The van der Waals surface area contributed by atoms with Crippen LogP contribution in [0.5, 0.6) is 0 Å². The minimum Gasteiger partial charge on any atom is -0.444 e. The molecule has 0 saturated carbocycles. The highest BCUT2D eigenvalue weighted by Crippen LogP contribution is 2.23. The Balaban J connectivity index is 1.79. The smallest absolute Gasteiger partial charge is 0.410 e. The second kappa shape index (κ2) is 7.92. The van der Waals surface area contributed by atoms with Gasteiger partial charge in [-0.2, -0.15) is 0 Å². The van der Waals surface area contributed by atoms with E-state index in [0.717, 1.165) is 38.2 Å². The molecule has 0 N–H and O–H groups in total. The first-order chi connectivity index (χ1) is 11.3. The first-order valence-electron chi connectivity index (χ1n) is 8.70. The van der Waals surface area contributed by atoms with E-state index >= 15 is 0 Å². The third-order valence-electron chi connectivity index (χ3n) is 4.48. The average Bonchev–Trinajstić information content (AvgIpc) is 2.54. The maximum atomic E-state index is 12.1. The van der Waals surface area contributed by atoms with Gasteiger partial charge < -0.3 is 9.64 Å². The summed E-state index contributed by atoms with van der Waals surface area (Å²) in [5, 5.41) is 0. The van der Waals surface area contributed by atoms with Crippen LogP contribution in [0.3, 0.4) is 0 Å². The maximum absolute atomic E-state index is 12.1. The molecule has 0 bridgehead atoms. The first kappa shape index (κ1) is 18.6. The van der Waals surface area contributed by atoms with Crippen molar-refractivity contribution in [1.82, 2.24) is 19.8 Å². The number of rotatable bonds is 4. The molecule has 1 aliphatic rings. The lowest BCUT2D eigenvalue weighted by Gasteiger charge is -2.36. The van der Waals surface area contributed by atoms with Crippen molar-refractivity contribution < 1.29 is 9.53 Å². The van der Waals surface area contributed by atoms with E-state index in [2.05, 4.69) is 28.8 Å². The van der Waals surface area contributed by atoms with Crippen molar-refractivity contribution in [3.05, 3.63) is 24.3 Å². The van der Waals surface area contributed by atoms with Crippen molar-refractivity contribution in [2.75, 3.05) is 26.7 Å². The van der Waals surface area contributed by atoms with E-state index in [9.17, 15) is 4.79 Å². The van der Waals surface area contributed by atoms with E-state index in [1.54, 1.807) is 12.4 Å². The molecule has 0 unspecified atom stereocenters. The van der Waals surface area contributed by atoms with Gasteiger partial charge in [0.25, 0.3) is 0 Å². The van der Waals surface area contributed by atoms with Crippen molar-refractivity contribution in [3.63, 3.8) is 0 Å². The molecule has 0 spiro atoms. The molecule has 2 rings (SSSR count). The molecule has 2 heterocycles. The summed E-state index contributed by atoms with van der Waals surface area (Å²) < 4.78 is 5.45. The van der Waals surface area contributed by atoms with Gasteiger partial charge in [-0.1, -0.05) is 0 Å². The zero-order chi connectivity index (χ0) is 17.7. The summed E-state index contributed by atoms with van der Waals surface area (Å²) >= 11 is 0. The van der Waals surface area contributed by atoms with E-state index in [1.807, 2.05) is 31.9 Å². The molecule has 6 heteroatoms. The zero-order valence-electron chi connectivity index (χ0n) is 15.5. The predicted octanol–water partition coefficient (Wildman–Crippen LogP) is 3.12. The minimum absolute atomic E-state index is 0.192. The van der Waals surface area contributed by atoms with Gasteiger partial charge in [0.1, 0.15) is 5.60 Å². The van der Waals surface area contributed by atoms with Crippen molar-refractivity contribution in [3.8, 4) is 0 Å². The van der Waals surface area contributed by atoms with Crippen LogP contribution in [0.1, 0.15) is 52.3 Å². The van der Waals surface area contributed by atoms with Gasteiger partial charge in [-0.05, 0) is 53.5 Å². The van der Waals surface area contributed by atoms with Crippen LogP contribution >= 0.6 is 0 Å². The molecule has 0 aromatic carbocycles. The fourth-order valence-electron chi connectivity index (χ4n) is 2.94. The van der Waals surface area contributed by atoms with E-state index in [4.69, 9.17) is 4.74 Å². The Labute approximate surface area is 145 Å².